The maximum atomic E-state index is 13.5. The quantitative estimate of drug-likeness (QED) is 0.113. The molecule has 0 bridgehead atoms. The van der Waals surface area contributed by atoms with Crippen LogP contribution in [0.25, 0.3) is 22.3 Å². The first-order valence-corrected chi connectivity index (χ1v) is 16.3. The molecule has 1 aliphatic carbocycles. The lowest BCUT2D eigenvalue weighted by atomic mass is 10.0. The highest BCUT2D eigenvalue weighted by Crippen LogP contribution is 2.40. The molecule has 5 aromatic carbocycles. The van der Waals surface area contributed by atoms with Crippen LogP contribution in [0, 0.1) is 0 Å². The van der Waals surface area contributed by atoms with Crippen LogP contribution in [0.15, 0.2) is 140 Å². The molecule has 232 valence electrons. The third kappa shape index (κ3) is 8.38. The Morgan fingerprint density at radius 3 is 1.78 bits per heavy atom. The molecular weight excluding hydrogens is 566 g/mol. The summed E-state index contributed by atoms with van der Waals surface area (Å²) in [5.41, 5.74) is 7.37. The van der Waals surface area contributed by atoms with E-state index in [1.165, 1.54) is 12.0 Å². The minimum Gasteiger partial charge on any atom is -0.350 e. The van der Waals surface area contributed by atoms with Gasteiger partial charge in [-0.3, -0.25) is 9.59 Å². The molecule has 2 unspecified atom stereocenters. The van der Waals surface area contributed by atoms with Crippen molar-refractivity contribution in [3.05, 3.63) is 156 Å². The van der Waals surface area contributed by atoms with E-state index in [4.69, 9.17) is 0 Å². The summed E-state index contributed by atoms with van der Waals surface area (Å²) in [4.78, 5) is 26.8. The van der Waals surface area contributed by atoms with Crippen molar-refractivity contribution in [2.75, 3.05) is 6.54 Å². The maximum Gasteiger partial charge on any atom is 0.251 e. The molecule has 0 saturated heterocycles. The molecule has 1 saturated carbocycles. The zero-order chi connectivity index (χ0) is 31.6. The number of hydrogen-bond acceptors (Lipinski definition) is 3. The third-order valence-corrected chi connectivity index (χ3v) is 8.75. The van der Waals surface area contributed by atoms with Crippen LogP contribution in [-0.4, -0.2) is 30.4 Å². The molecule has 0 aliphatic heterocycles. The van der Waals surface area contributed by atoms with Gasteiger partial charge in [0.15, 0.2) is 0 Å². The van der Waals surface area contributed by atoms with Crippen LogP contribution >= 0.6 is 0 Å². The topological polar surface area (TPSA) is 70.2 Å². The number of amides is 2. The summed E-state index contributed by atoms with van der Waals surface area (Å²) in [6.45, 7) is 1.29. The van der Waals surface area contributed by atoms with Gasteiger partial charge in [0.25, 0.3) is 5.91 Å². The second kappa shape index (κ2) is 15.3. The molecule has 2 amide bonds. The molecule has 0 radical (unpaired) electrons. The molecule has 1 aliphatic rings. The predicted octanol–water partition coefficient (Wildman–Crippen LogP) is 7.75. The van der Waals surface area contributed by atoms with Crippen molar-refractivity contribution in [2.45, 2.75) is 50.2 Å². The minimum atomic E-state index is -0.622. The van der Waals surface area contributed by atoms with Gasteiger partial charge in [-0.1, -0.05) is 127 Å². The lowest BCUT2D eigenvalue weighted by Crippen LogP contribution is -2.46. The third-order valence-electron chi connectivity index (χ3n) is 8.75. The lowest BCUT2D eigenvalue weighted by molar-refractivity contribution is -0.123. The number of benzene rings is 5. The molecule has 46 heavy (non-hydrogen) atoms. The Bertz CT molecular complexity index is 1690. The Morgan fingerprint density at radius 2 is 1.17 bits per heavy atom. The molecule has 5 nitrogen and oxygen atoms in total. The highest BCUT2D eigenvalue weighted by Gasteiger charge is 2.37. The summed E-state index contributed by atoms with van der Waals surface area (Å²) in [6.07, 6.45) is 3.50. The highest BCUT2D eigenvalue weighted by molar-refractivity contribution is 5.97. The SMILES string of the molecule is O=C(N[C@@H](CCCCNC1CC1c1ccccc1)C(=O)NCc1ccc(-c2ccccc2)cc1)c1ccc(-c2ccccc2)cc1. The van der Waals surface area contributed by atoms with Gasteiger partial charge in [0.1, 0.15) is 6.04 Å². The van der Waals surface area contributed by atoms with Gasteiger partial charge in [-0.25, -0.2) is 0 Å². The molecule has 1 fully saturated rings. The smallest absolute Gasteiger partial charge is 0.251 e. The van der Waals surface area contributed by atoms with Crippen LogP contribution < -0.4 is 16.0 Å². The zero-order valence-corrected chi connectivity index (χ0v) is 26.1. The predicted molar refractivity (Wildman–Crippen MR) is 186 cm³/mol. The van der Waals surface area contributed by atoms with Crippen LogP contribution in [0.5, 0.6) is 0 Å². The van der Waals surface area contributed by atoms with Gasteiger partial charge in [-0.2, -0.15) is 0 Å². The monoisotopic (exact) mass is 607 g/mol. The maximum absolute atomic E-state index is 13.5. The van der Waals surface area contributed by atoms with Gasteiger partial charge in [0, 0.05) is 24.1 Å². The first kappa shape index (κ1) is 31.0. The van der Waals surface area contributed by atoms with Crippen molar-refractivity contribution in [1.82, 2.24) is 16.0 Å². The van der Waals surface area contributed by atoms with Gasteiger partial charge < -0.3 is 16.0 Å². The molecule has 0 aromatic heterocycles. The van der Waals surface area contributed by atoms with E-state index in [1.807, 2.05) is 84.9 Å². The molecule has 5 heteroatoms. The van der Waals surface area contributed by atoms with Crippen molar-refractivity contribution in [3.8, 4) is 22.3 Å². The van der Waals surface area contributed by atoms with Gasteiger partial charge in [0.05, 0.1) is 0 Å². The average Bonchev–Trinajstić information content (AvgIpc) is 3.91. The van der Waals surface area contributed by atoms with Crippen LogP contribution in [0.4, 0.5) is 0 Å². The Labute approximate surface area is 272 Å². The summed E-state index contributed by atoms with van der Waals surface area (Å²) < 4.78 is 0. The zero-order valence-electron chi connectivity index (χ0n) is 26.1. The van der Waals surface area contributed by atoms with Crippen molar-refractivity contribution in [1.29, 1.82) is 0 Å². The van der Waals surface area contributed by atoms with Crippen molar-refractivity contribution in [2.24, 2.45) is 0 Å². The van der Waals surface area contributed by atoms with Crippen LogP contribution in [0.1, 0.15) is 53.1 Å². The normalized spacial score (nSPS) is 15.9. The Morgan fingerprint density at radius 1 is 0.630 bits per heavy atom. The highest BCUT2D eigenvalue weighted by atomic mass is 16.2. The number of unbranched alkanes of at least 4 members (excludes halogenated alkanes) is 1. The number of carbonyl (C=O) groups is 2. The molecule has 0 heterocycles. The first-order chi connectivity index (χ1) is 22.6. The largest absolute Gasteiger partial charge is 0.350 e. The van der Waals surface area contributed by atoms with Crippen molar-refractivity contribution >= 4 is 11.8 Å². The fourth-order valence-corrected chi connectivity index (χ4v) is 5.96. The molecule has 5 aromatic rings. The second-order valence-corrected chi connectivity index (χ2v) is 12.1. The van der Waals surface area contributed by atoms with E-state index in [-0.39, 0.29) is 11.8 Å². The van der Waals surface area contributed by atoms with Gasteiger partial charge in [-0.05, 0) is 77.7 Å². The van der Waals surface area contributed by atoms with Crippen LogP contribution in [0.2, 0.25) is 0 Å². The number of carbonyl (C=O) groups excluding carboxylic acids is 2. The van der Waals surface area contributed by atoms with E-state index in [9.17, 15) is 9.59 Å². The van der Waals surface area contributed by atoms with Gasteiger partial charge in [0.2, 0.25) is 5.91 Å². The molecular formula is C41H41N3O2. The first-order valence-electron chi connectivity index (χ1n) is 16.3. The van der Waals surface area contributed by atoms with Crippen LogP contribution in [-0.2, 0) is 11.3 Å². The van der Waals surface area contributed by atoms with E-state index < -0.39 is 6.04 Å². The van der Waals surface area contributed by atoms with Gasteiger partial charge >= 0.3 is 0 Å². The fraction of sp³-hybridized carbons (Fsp3) is 0.220. The molecule has 6 rings (SSSR count). The second-order valence-electron chi connectivity index (χ2n) is 12.1. The summed E-state index contributed by atoms with van der Waals surface area (Å²) in [7, 11) is 0. The Balaban J connectivity index is 1.04. The van der Waals surface area contributed by atoms with E-state index in [2.05, 4.69) is 70.5 Å². The number of rotatable bonds is 14. The van der Waals surface area contributed by atoms with Crippen LogP contribution in [0.3, 0.4) is 0 Å². The molecule has 3 N–H and O–H groups in total. The van der Waals surface area contributed by atoms with E-state index in [0.717, 1.165) is 47.2 Å². The Kier molecular flexibility index (Phi) is 10.3. The molecule has 3 atom stereocenters. The summed E-state index contributed by atoms with van der Waals surface area (Å²) >= 11 is 0. The average molecular weight is 608 g/mol. The lowest BCUT2D eigenvalue weighted by Gasteiger charge is -2.19. The van der Waals surface area contributed by atoms with E-state index in [0.29, 0.717) is 30.5 Å². The van der Waals surface area contributed by atoms with E-state index in [1.54, 1.807) is 0 Å². The van der Waals surface area contributed by atoms with Crippen molar-refractivity contribution in [3.63, 3.8) is 0 Å². The summed E-state index contributed by atoms with van der Waals surface area (Å²) in [5.74, 6) is 0.184. The molecule has 0 spiro atoms. The standard InChI is InChI=1S/C41H41N3O2/c45-40(36-25-23-34(24-26-36)32-14-6-2-7-15-32)44-38(18-10-11-27-42-39-28-37(39)35-16-8-3-9-17-35)41(46)43-29-30-19-21-33(22-20-30)31-12-4-1-5-13-31/h1-9,12-17,19-26,37-39,42H,10-11,18,27-29H2,(H,43,46)(H,44,45)/t37?,38-,39?/m0/s1. The fourth-order valence-electron chi connectivity index (χ4n) is 5.96. The Hall–Kier alpha value is -5.00. The minimum absolute atomic E-state index is 0.166. The van der Waals surface area contributed by atoms with E-state index >= 15 is 0 Å². The van der Waals surface area contributed by atoms with Gasteiger partial charge in [-0.15, -0.1) is 0 Å². The number of hydrogen-bond donors (Lipinski definition) is 3. The van der Waals surface area contributed by atoms with Crippen molar-refractivity contribution < 1.29 is 9.59 Å². The summed E-state index contributed by atoms with van der Waals surface area (Å²) in [6, 6.07) is 46.6. The summed E-state index contributed by atoms with van der Waals surface area (Å²) in [5, 5.41) is 9.77. The number of nitrogens with one attached hydrogen (secondary N) is 3.